The molecule has 9 nitrogen and oxygen atoms in total. The van der Waals surface area contributed by atoms with Gasteiger partial charge in [-0.2, -0.15) is 0 Å². The highest BCUT2D eigenvalue weighted by atomic mass is 31.2. The lowest BCUT2D eigenvalue weighted by Gasteiger charge is -2.24. The van der Waals surface area contributed by atoms with Crippen molar-refractivity contribution in [2.75, 3.05) is 47.5 Å². The van der Waals surface area contributed by atoms with Crippen molar-refractivity contribution in [1.29, 1.82) is 0 Å². The van der Waals surface area contributed by atoms with E-state index in [-0.39, 0.29) is 26.1 Å². The zero-order valence-electron chi connectivity index (χ0n) is 55.9. The molecule has 0 aromatic heterocycles. The van der Waals surface area contributed by atoms with E-state index in [1.807, 2.05) is 27.2 Å². The predicted octanol–water partition coefficient (Wildman–Crippen LogP) is 22.3. The molecule has 0 aliphatic heterocycles. The maximum Gasteiger partial charge on any atom is 0.472 e. The number of esters is 2. The van der Waals surface area contributed by atoms with Crippen molar-refractivity contribution in [3.8, 4) is 0 Å². The molecule has 0 rings (SSSR count). The molecule has 0 amide bonds. The van der Waals surface area contributed by atoms with Crippen LogP contribution in [0.25, 0.3) is 0 Å². The van der Waals surface area contributed by atoms with E-state index in [0.717, 1.165) is 135 Å². The fourth-order valence-electron chi connectivity index (χ4n) is 8.21. The minimum absolute atomic E-state index is 0.00798. The van der Waals surface area contributed by atoms with Crippen LogP contribution in [0.3, 0.4) is 0 Å². The van der Waals surface area contributed by atoms with Gasteiger partial charge in [0.1, 0.15) is 19.8 Å². The number of carbonyl (C=O) groups is 2. The third kappa shape index (κ3) is 69.7. The number of likely N-dealkylation sites (N-methyl/N-ethyl adjacent to an activating group) is 1. The summed E-state index contributed by atoms with van der Waals surface area (Å²) in [6, 6.07) is 0. The molecule has 0 aliphatic carbocycles. The number of nitrogens with zero attached hydrogens (tertiary/aromatic N) is 1. The van der Waals surface area contributed by atoms with Gasteiger partial charge < -0.3 is 18.9 Å². The number of allylic oxidation sites excluding steroid dienone is 34. The highest BCUT2D eigenvalue weighted by molar-refractivity contribution is 7.47. The fourth-order valence-corrected chi connectivity index (χ4v) is 8.95. The summed E-state index contributed by atoms with van der Waals surface area (Å²) in [7, 11) is 1.41. The Hall–Kier alpha value is -5.41. The second-order valence-corrected chi connectivity index (χ2v) is 24.2. The second-order valence-electron chi connectivity index (χ2n) is 22.7. The third-order valence-electron chi connectivity index (χ3n) is 13.3. The standard InChI is InChI=1S/C78H122NO8P/c1-6-8-10-12-14-16-18-20-22-24-26-28-30-32-34-36-37-38-39-40-41-43-44-46-48-50-52-54-56-58-60-62-64-66-68-70-77(80)84-74-76(75-86-88(82,83)85-73-72-79(3,4)5)87-78(81)71-69-67-65-63-61-59-57-55-53-51-49-47-45-42-35-33-31-29-27-25-23-21-19-17-15-13-11-9-7-2/h8-11,14-17,20-23,26-29,32-35,37-38,40-41,44-47,51,53,57,59,63,65,76H,6-7,12-13,18-19,24-25,30-31,36,39,42-43,48-50,52,54-56,58,60-62,64,66-75H2,1-5H3/p+1/b10-8-,11-9-,16-14-,17-15-,22-20-,23-21-,28-26-,29-27-,34-32-,35-33-,38-37-,41-40-,46-44-,47-45-,53-51-,59-57-,65-63-. The topological polar surface area (TPSA) is 108 Å². The van der Waals surface area contributed by atoms with Gasteiger partial charge in [-0.3, -0.25) is 18.6 Å². The highest BCUT2D eigenvalue weighted by Gasteiger charge is 2.27. The minimum Gasteiger partial charge on any atom is -0.462 e. The summed E-state index contributed by atoms with van der Waals surface area (Å²) in [6.45, 7) is 4.10. The molecule has 10 heteroatoms. The van der Waals surface area contributed by atoms with Crippen molar-refractivity contribution in [1.82, 2.24) is 0 Å². The number of hydrogen-bond acceptors (Lipinski definition) is 7. The van der Waals surface area contributed by atoms with Gasteiger partial charge in [-0.05, 0) is 141 Å². The Labute approximate surface area is 538 Å². The van der Waals surface area contributed by atoms with Gasteiger partial charge in [-0.25, -0.2) is 4.57 Å². The van der Waals surface area contributed by atoms with Gasteiger partial charge in [0, 0.05) is 12.8 Å². The van der Waals surface area contributed by atoms with Crippen LogP contribution in [-0.2, 0) is 32.7 Å². The molecular weight excluding hydrogens is 1110 g/mol. The van der Waals surface area contributed by atoms with Gasteiger partial charge >= 0.3 is 19.8 Å². The summed E-state index contributed by atoms with van der Waals surface area (Å²) in [5, 5.41) is 0. The normalized spacial score (nSPS) is 14.5. The van der Waals surface area contributed by atoms with Gasteiger partial charge in [0.2, 0.25) is 0 Å². The Morgan fingerprint density at radius 1 is 0.352 bits per heavy atom. The molecule has 0 saturated heterocycles. The van der Waals surface area contributed by atoms with Crippen LogP contribution >= 0.6 is 7.82 Å². The Balaban J connectivity index is 4.25. The predicted molar refractivity (Wildman–Crippen MR) is 380 cm³/mol. The summed E-state index contributed by atoms with van der Waals surface area (Å²) >= 11 is 0. The molecule has 0 bridgehead atoms. The Bertz CT molecular complexity index is 2240. The van der Waals surface area contributed by atoms with E-state index in [1.165, 1.54) is 38.5 Å². The molecule has 2 atom stereocenters. The molecule has 0 aliphatic rings. The summed E-state index contributed by atoms with van der Waals surface area (Å²) in [5.74, 6) is -0.889. The number of unbranched alkanes of at least 4 members (excludes halogenated alkanes) is 11. The summed E-state index contributed by atoms with van der Waals surface area (Å²) in [5.41, 5.74) is 0. The molecule has 1 N–H and O–H groups in total. The summed E-state index contributed by atoms with van der Waals surface area (Å²) in [4.78, 5) is 35.8. The number of phosphoric acid groups is 1. The van der Waals surface area contributed by atoms with Crippen molar-refractivity contribution in [2.24, 2.45) is 0 Å². The van der Waals surface area contributed by atoms with Crippen molar-refractivity contribution < 1.29 is 42.1 Å². The largest absolute Gasteiger partial charge is 0.472 e. The number of carbonyl (C=O) groups excluding carboxylic acids is 2. The molecule has 492 valence electrons. The lowest BCUT2D eigenvalue weighted by atomic mass is 10.1. The van der Waals surface area contributed by atoms with Crippen LogP contribution in [-0.4, -0.2) is 74.9 Å². The first-order valence-corrected chi connectivity index (χ1v) is 35.3. The van der Waals surface area contributed by atoms with Crippen molar-refractivity contribution >= 4 is 19.8 Å². The molecule has 0 saturated carbocycles. The molecule has 0 fully saturated rings. The monoisotopic (exact) mass is 1230 g/mol. The van der Waals surface area contributed by atoms with E-state index in [4.69, 9.17) is 18.5 Å². The lowest BCUT2D eigenvalue weighted by molar-refractivity contribution is -0.870. The van der Waals surface area contributed by atoms with Gasteiger partial charge in [0.15, 0.2) is 6.10 Å². The molecule has 0 heterocycles. The van der Waals surface area contributed by atoms with E-state index in [0.29, 0.717) is 30.3 Å². The molecule has 0 radical (unpaired) electrons. The van der Waals surface area contributed by atoms with Gasteiger partial charge in [-0.15, -0.1) is 0 Å². The molecule has 88 heavy (non-hydrogen) atoms. The van der Waals surface area contributed by atoms with Crippen LogP contribution in [0, 0.1) is 0 Å². The summed E-state index contributed by atoms with van der Waals surface area (Å²) in [6.07, 6.45) is 105. The summed E-state index contributed by atoms with van der Waals surface area (Å²) < 4.78 is 34.6. The molecule has 2 unspecified atom stereocenters. The Kier molecular flexibility index (Phi) is 62.0. The van der Waals surface area contributed by atoms with Crippen LogP contribution in [0.1, 0.15) is 219 Å². The zero-order chi connectivity index (χ0) is 64.1. The lowest BCUT2D eigenvalue weighted by Crippen LogP contribution is -2.37. The van der Waals surface area contributed by atoms with Crippen LogP contribution in [0.5, 0.6) is 0 Å². The van der Waals surface area contributed by atoms with Crippen molar-refractivity contribution in [3.05, 3.63) is 207 Å². The van der Waals surface area contributed by atoms with E-state index >= 15 is 0 Å². The highest BCUT2D eigenvalue weighted by Crippen LogP contribution is 2.43. The third-order valence-corrected chi connectivity index (χ3v) is 14.3. The van der Waals surface area contributed by atoms with E-state index in [9.17, 15) is 19.0 Å². The Morgan fingerprint density at radius 3 is 0.943 bits per heavy atom. The average molecular weight is 1230 g/mol. The molecule has 0 spiro atoms. The van der Waals surface area contributed by atoms with Crippen molar-refractivity contribution in [3.63, 3.8) is 0 Å². The van der Waals surface area contributed by atoms with Crippen LogP contribution in [0.2, 0.25) is 0 Å². The SMILES string of the molecule is CC/C=C\C/C=C\C/C=C\C/C=C\C/C=C\C/C=C\C/C=C\C/C=C\C/C=C\CCCC(=O)OC(COC(=O)CCCCCCCCCCCC/C=C\C/C=C\C/C=C\C/C=C\C/C=C\C/C=C\C/C=C\C/C=C\CC)COP(=O)(O)OCC[N+](C)(C)C. The number of quaternary nitrogens is 1. The van der Waals surface area contributed by atoms with Crippen LogP contribution in [0.15, 0.2) is 207 Å². The molecular formula is C78H123NO8P+. The number of rotatable bonds is 59. The fraction of sp³-hybridized carbons (Fsp3) is 0.538. The quantitative estimate of drug-likeness (QED) is 0.0211. The zero-order valence-corrected chi connectivity index (χ0v) is 56.8. The van der Waals surface area contributed by atoms with Gasteiger partial charge in [-0.1, -0.05) is 272 Å². The van der Waals surface area contributed by atoms with Gasteiger partial charge in [0.05, 0.1) is 27.7 Å². The minimum atomic E-state index is -4.42. The maximum atomic E-state index is 12.8. The first kappa shape index (κ1) is 82.6. The number of phosphoric ester groups is 1. The second kappa shape index (κ2) is 66.0. The smallest absolute Gasteiger partial charge is 0.462 e. The Morgan fingerprint density at radius 2 is 0.625 bits per heavy atom. The first-order chi connectivity index (χ1) is 43.0. The van der Waals surface area contributed by atoms with E-state index in [2.05, 4.69) is 214 Å². The molecule has 0 aromatic rings. The first-order valence-electron chi connectivity index (χ1n) is 33.8. The van der Waals surface area contributed by atoms with E-state index < -0.39 is 32.5 Å². The van der Waals surface area contributed by atoms with Crippen LogP contribution < -0.4 is 0 Å². The average Bonchev–Trinajstić information content (AvgIpc) is 3.68. The van der Waals surface area contributed by atoms with Crippen LogP contribution in [0.4, 0.5) is 0 Å². The van der Waals surface area contributed by atoms with Crippen molar-refractivity contribution in [2.45, 2.75) is 225 Å². The maximum absolute atomic E-state index is 12.8. The van der Waals surface area contributed by atoms with Gasteiger partial charge in [0.25, 0.3) is 0 Å². The number of hydrogen-bond donors (Lipinski definition) is 1. The van der Waals surface area contributed by atoms with E-state index in [1.54, 1.807) is 0 Å². The molecule has 0 aromatic carbocycles. The number of ether oxygens (including phenoxy) is 2.